The van der Waals surface area contributed by atoms with Gasteiger partial charge in [0.1, 0.15) is 11.5 Å². The summed E-state index contributed by atoms with van der Waals surface area (Å²) in [5.74, 6) is -0.0129. The molecule has 0 spiro atoms. The molecule has 0 aliphatic heterocycles. The number of hydrogen-bond acceptors (Lipinski definition) is 5. The number of pyridine rings is 1. The Balaban J connectivity index is 1.88. The van der Waals surface area contributed by atoms with Crippen molar-refractivity contribution in [3.8, 4) is 5.82 Å². The van der Waals surface area contributed by atoms with Gasteiger partial charge < -0.3 is 0 Å². The summed E-state index contributed by atoms with van der Waals surface area (Å²) in [4.78, 5) is 16.7. The minimum absolute atomic E-state index is 0.0613. The van der Waals surface area contributed by atoms with E-state index in [1.165, 1.54) is 6.08 Å². The monoisotopic (exact) mass is 493 g/mol. The molecule has 3 heterocycles. The lowest BCUT2D eigenvalue weighted by Crippen LogP contribution is -2.31. The molecule has 3 rings (SSSR count). The van der Waals surface area contributed by atoms with Crippen LogP contribution in [0.5, 0.6) is 0 Å². The Morgan fingerprint density at radius 3 is 2.83 bits per heavy atom. The molecular formula is C20H24BrN5O3S. The fourth-order valence-corrected chi connectivity index (χ4v) is 4.66. The van der Waals surface area contributed by atoms with Crippen LogP contribution < -0.4 is 4.72 Å². The normalized spacial score (nSPS) is 12.1. The predicted molar refractivity (Wildman–Crippen MR) is 121 cm³/mol. The van der Waals surface area contributed by atoms with Crippen LogP contribution in [0.25, 0.3) is 22.9 Å². The molecular weight excluding hydrogens is 470 g/mol. The van der Waals surface area contributed by atoms with Crippen LogP contribution in [-0.2, 0) is 21.9 Å². The second-order valence-electron chi connectivity index (χ2n) is 7.02. The summed E-state index contributed by atoms with van der Waals surface area (Å²) < 4.78 is 30.6. The Morgan fingerprint density at radius 1 is 1.33 bits per heavy atom. The average Bonchev–Trinajstić information content (AvgIpc) is 3.18. The molecule has 1 N–H and O–H groups in total. The van der Waals surface area contributed by atoms with Crippen molar-refractivity contribution < 1.29 is 13.2 Å². The van der Waals surface area contributed by atoms with E-state index in [4.69, 9.17) is 0 Å². The number of carbonyl (C=O) groups excluding carboxylic acids is 1. The SMILES string of the molecule is CCCCCS(=O)(=O)NC(=O)C=Cc1c(C)nn(C)c1-n1ccc2cc(Br)cnc21. The van der Waals surface area contributed by atoms with Gasteiger partial charge in [0, 0.05) is 40.9 Å². The van der Waals surface area contributed by atoms with E-state index in [2.05, 4.69) is 30.7 Å². The summed E-state index contributed by atoms with van der Waals surface area (Å²) in [6, 6.07) is 3.91. The van der Waals surface area contributed by atoms with E-state index in [1.54, 1.807) is 17.0 Å². The van der Waals surface area contributed by atoms with Crippen LogP contribution in [0.3, 0.4) is 0 Å². The van der Waals surface area contributed by atoms with E-state index in [9.17, 15) is 13.2 Å². The second-order valence-corrected chi connectivity index (χ2v) is 9.78. The van der Waals surface area contributed by atoms with Crippen molar-refractivity contribution in [2.75, 3.05) is 5.75 Å². The Kier molecular flexibility index (Phi) is 6.77. The zero-order valence-corrected chi connectivity index (χ0v) is 19.5. The van der Waals surface area contributed by atoms with Gasteiger partial charge in [-0.25, -0.2) is 18.1 Å². The van der Waals surface area contributed by atoms with Gasteiger partial charge in [-0.3, -0.25) is 14.0 Å². The molecule has 3 aromatic heterocycles. The molecule has 0 aliphatic carbocycles. The second kappa shape index (κ2) is 9.13. The Morgan fingerprint density at radius 2 is 2.10 bits per heavy atom. The first kappa shape index (κ1) is 22.2. The number of fused-ring (bicyclic) bond motifs is 1. The van der Waals surface area contributed by atoms with Crippen LogP contribution in [-0.4, -0.2) is 39.4 Å². The summed E-state index contributed by atoms with van der Waals surface area (Å²) in [6.07, 6.45) is 8.65. The standard InChI is InChI=1S/C20H24BrN5O3S/c1-4-5-6-11-30(28,29)24-18(27)8-7-17-14(2)23-25(3)20(17)26-10-9-15-12-16(21)13-22-19(15)26/h7-10,12-13H,4-6,11H2,1-3H3,(H,24,27). The lowest BCUT2D eigenvalue weighted by Gasteiger charge is -2.07. The largest absolute Gasteiger partial charge is 0.285 e. The third-order valence-corrected chi connectivity index (χ3v) is 6.40. The molecule has 0 aliphatic rings. The topological polar surface area (TPSA) is 98.9 Å². The first-order chi connectivity index (χ1) is 14.2. The molecule has 0 bridgehead atoms. The Bertz CT molecular complexity index is 1210. The molecule has 3 aromatic rings. The average molecular weight is 494 g/mol. The maximum atomic E-state index is 12.2. The van der Waals surface area contributed by atoms with Gasteiger partial charge in [-0.15, -0.1) is 0 Å². The zero-order chi connectivity index (χ0) is 21.9. The number of nitrogens with zero attached hydrogens (tertiary/aromatic N) is 4. The lowest BCUT2D eigenvalue weighted by atomic mass is 10.2. The molecule has 8 nitrogen and oxygen atoms in total. The van der Waals surface area contributed by atoms with Crippen molar-refractivity contribution in [3.05, 3.63) is 46.3 Å². The van der Waals surface area contributed by atoms with E-state index in [0.29, 0.717) is 17.7 Å². The lowest BCUT2D eigenvalue weighted by molar-refractivity contribution is -0.114. The fraction of sp³-hybridized carbons (Fsp3) is 0.350. The van der Waals surface area contributed by atoms with Crippen molar-refractivity contribution in [1.82, 2.24) is 24.1 Å². The molecule has 0 atom stereocenters. The quantitative estimate of drug-likeness (QED) is 0.382. The third-order valence-electron chi connectivity index (χ3n) is 4.63. The number of sulfonamides is 1. The van der Waals surface area contributed by atoms with Crippen LogP contribution in [0, 0.1) is 6.92 Å². The minimum Gasteiger partial charge on any atom is -0.285 e. The summed E-state index contributed by atoms with van der Waals surface area (Å²) in [6.45, 7) is 3.82. The first-order valence-corrected chi connectivity index (χ1v) is 12.1. The number of hydrogen-bond donors (Lipinski definition) is 1. The highest BCUT2D eigenvalue weighted by atomic mass is 79.9. The van der Waals surface area contributed by atoms with Gasteiger partial charge in [-0.1, -0.05) is 19.8 Å². The summed E-state index contributed by atoms with van der Waals surface area (Å²) >= 11 is 3.42. The summed E-state index contributed by atoms with van der Waals surface area (Å²) in [5, 5.41) is 5.40. The maximum Gasteiger partial charge on any atom is 0.257 e. The first-order valence-electron chi connectivity index (χ1n) is 9.61. The molecule has 0 fully saturated rings. The van der Waals surface area contributed by atoms with Gasteiger partial charge in [-0.2, -0.15) is 5.10 Å². The number of nitrogens with one attached hydrogen (secondary N) is 1. The van der Waals surface area contributed by atoms with Gasteiger partial charge in [0.15, 0.2) is 0 Å². The van der Waals surface area contributed by atoms with Gasteiger partial charge in [0.05, 0.1) is 11.4 Å². The summed E-state index contributed by atoms with van der Waals surface area (Å²) in [5.41, 5.74) is 2.17. The molecule has 0 unspecified atom stereocenters. The molecule has 30 heavy (non-hydrogen) atoms. The van der Waals surface area contributed by atoms with Crippen LogP contribution in [0.2, 0.25) is 0 Å². The number of unbranched alkanes of at least 4 members (excludes halogenated alkanes) is 2. The molecule has 1 amide bonds. The molecule has 0 radical (unpaired) electrons. The molecule has 0 saturated carbocycles. The van der Waals surface area contributed by atoms with Gasteiger partial charge in [-0.05, 0) is 47.5 Å². The Hall–Kier alpha value is -2.46. The molecule has 0 aromatic carbocycles. The van der Waals surface area contributed by atoms with Gasteiger partial charge in [0.2, 0.25) is 10.0 Å². The van der Waals surface area contributed by atoms with Crippen molar-refractivity contribution in [3.63, 3.8) is 0 Å². The van der Waals surface area contributed by atoms with Gasteiger partial charge in [0.25, 0.3) is 5.91 Å². The number of carbonyl (C=O) groups is 1. The molecule has 10 heteroatoms. The highest BCUT2D eigenvalue weighted by Crippen LogP contribution is 2.25. The number of halogens is 1. The van der Waals surface area contributed by atoms with Crippen LogP contribution in [0.4, 0.5) is 0 Å². The number of rotatable bonds is 8. The van der Waals surface area contributed by atoms with Gasteiger partial charge >= 0.3 is 0 Å². The van der Waals surface area contributed by atoms with E-state index in [-0.39, 0.29) is 5.75 Å². The zero-order valence-electron chi connectivity index (χ0n) is 17.1. The van der Waals surface area contributed by atoms with Crippen LogP contribution >= 0.6 is 15.9 Å². The maximum absolute atomic E-state index is 12.2. The predicted octanol–water partition coefficient (Wildman–Crippen LogP) is 3.48. The number of aromatic nitrogens is 4. The number of amides is 1. The van der Waals surface area contributed by atoms with E-state index in [1.807, 2.05) is 43.8 Å². The van der Waals surface area contributed by atoms with Crippen molar-refractivity contribution in [2.45, 2.75) is 33.1 Å². The van der Waals surface area contributed by atoms with E-state index >= 15 is 0 Å². The fourth-order valence-electron chi connectivity index (χ4n) is 3.25. The van der Waals surface area contributed by atoms with E-state index in [0.717, 1.165) is 34.2 Å². The van der Waals surface area contributed by atoms with Crippen molar-refractivity contribution in [2.24, 2.45) is 7.05 Å². The van der Waals surface area contributed by atoms with Crippen LogP contribution in [0.1, 0.15) is 37.4 Å². The van der Waals surface area contributed by atoms with Crippen molar-refractivity contribution in [1.29, 1.82) is 0 Å². The smallest absolute Gasteiger partial charge is 0.257 e. The van der Waals surface area contributed by atoms with E-state index < -0.39 is 15.9 Å². The highest BCUT2D eigenvalue weighted by Gasteiger charge is 2.17. The summed E-state index contributed by atoms with van der Waals surface area (Å²) in [7, 11) is -1.83. The molecule has 0 saturated heterocycles. The molecule has 160 valence electrons. The number of aryl methyl sites for hydroxylation is 2. The third kappa shape index (κ3) is 4.99. The minimum atomic E-state index is -3.64. The van der Waals surface area contributed by atoms with Crippen LogP contribution in [0.15, 0.2) is 35.1 Å². The Labute approximate surface area is 184 Å². The van der Waals surface area contributed by atoms with Crippen molar-refractivity contribution >= 4 is 49.0 Å². The highest BCUT2D eigenvalue weighted by molar-refractivity contribution is 9.10.